The number of phenols is 1. The van der Waals surface area contributed by atoms with E-state index >= 15 is 0 Å². The molecule has 4 unspecified atom stereocenters. The largest absolute Gasteiger partial charge is 0.504 e. The van der Waals surface area contributed by atoms with Gasteiger partial charge in [-0.05, 0) is 108 Å². The molecule has 1 heterocycles. The summed E-state index contributed by atoms with van der Waals surface area (Å²) in [5, 5.41) is 13.9. The number of fused-ring (bicyclic) bond motifs is 3. The molecule has 3 aromatic rings. The molecule has 0 radical (unpaired) electrons. The van der Waals surface area contributed by atoms with Crippen LogP contribution in [0.25, 0.3) is 0 Å². The van der Waals surface area contributed by atoms with E-state index in [2.05, 4.69) is 5.32 Å². The number of rotatable bonds is 5. The highest BCUT2D eigenvalue weighted by Crippen LogP contribution is 2.56. The Morgan fingerprint density at radius 2 is 1.64 bits per heavy atom. The van der Waals surface area contributed by atoms with Crippen molar-refractivity contribution in [2.75, 3.05) is 17.3 Å². The number of allylic oxidation sites excluding steroid dienone is 6. The van der Waals surface area contributed by atoms with Crippen LogP contribution in [0.2, 0.25) is 0 Å². The number of halogens is 1. The third-order valence-corrected chi connectivity index (χ3v) is 10.2. The van der Waals surface area contributed by atoms with Crippen LogP contribution < -0.4 is 15.0 Å². The summed E-state index contributed by atoms with van der Waals surface area (Å²) in [6.07, 6.45) is 3.91. The van der Waals surface area contributed by atoms with Gasteiger partial charge < -0.3 is 15.2 Å². The predicted octanol–water partition coefficient (Wildman–Crippen LogP) is 6.38. The molecule has 226 valence electrons. The molecule has 0 bridgehead atoms. The maximum absolute atomic E-state index is 14.2. The lowest BCUT2D eigenvalue weighted by molar-refractivity contribution is -0.123. The standard InChI is InChI=1S/C36H29IN2O6/c1-18-14-28(40)32-26(33(18)41)17-25-23(30(32)19-15-27(37)34(42)29(16-19)45-2)12-13-24-31(25)36(44)39(35(24)43)22-10-8-21(9-11-22)38-20-6-4-3-5-7-20/h3-12,14-16,24-25,30-31,38,42H,13,17H2,1-2H3. The molecule has 3 aliphatic carbocycles. The zero-order valence-electron chi connectivity index (χ0n) is 24.5. The van der Waals surface area contributed by atoms with Crippen LogP contribution in [0.3, 0.4) is 0 Å². The Kier molecular flexibility index (Phi) is 7.23. The summed E-state index contributed by atoms with van der Waals surface area (Å²) in [5.41, 5.74) is 4.91. The van der Waals surface area contributed by atoms with Crippen LogP contribution in [-0.2, 0) is 19.2 Å². The first kappa shape index (κ1) is 29.2. The normalized spacial score (nSPS) is 24.1. The molecule has 2 amide bonds. The molecule has 4 aliphatic rings. The van der Waals surface area contributed by atoms with E-state index in [0.29, 0.717) is 38.0 Å². The molecular weight excluding hydrogens is 683 g/mol. The van der Waals surface area contributed by atoms with Gasteiger partial charge in [-0.15, -0.1) is 0 Å². The van der Waals surface area contributed by atoms with Crippen molar-refractivity contribution < 1.29 is 29.0 Å². The number of nitrogens with zero attached hydrogens (tertiary/aromatic N) is 1. The Bertz CT molecular complexity index is 1890. The van der Waals surface area contributed by atoms with Gasteiger partial charge in [0.1, 0.15) is 0 Å². The number of imide groups is 1. The lowest BCUT2D eigenvalue weighted by Gasteiger charge is -2.42. The van der Waals surface area contributed by atoms with Crippen molar-refractivity contribution in [2.45, 2.75) is 25.7 Å². The number of hydrogen-bond acceptors (Lipinski definition) is 7. The number of anilines is 3. The molecule has 4 atom stereocenters. The van der Waals surface area contributed by atoms with E-state index in [1.807, 2.05) is 71.1 Å². The van der Waals surface area contributed by atoms with Crippen molar-refractivity contribution in [1.29, 1.82) is 0 Å². The molecule has 0 saturated carbocycles. The number of methoxy groups -OCH3 is 1. The van der Waals surface area contributed by atoms with Crippen molar-refractivity contribution in [2.24, 2.45) is 17.8 Å². The van der Waals surface area contributed by atoms with E-state index < -0.39 is 23.7 Å². The second-order valence-electron chi connectivity index (χ2n) is 11.8. The van der Waals surface area contributed by atoms with Crippen molar-refractivity contribution in [3.63, 3.8) is 0 Å². The van der Waals surface area contributed by atoms with Crippen LogP contribution in [0.15, 0.2) is 101 Å². The number of ketones is 2. The number of amides is 2. The van der Waals surface area contributed by atoms with Gasteiger partial charge in [0.2, 0.25) is 11.8 Å². The second-order valence-corrected chi connectivity index (χ2v) is 13.0. The number of phenolic OH excluding ortho intramolecular Hbond substituents is 1. The van der Waals surface area contributed by atoms with E-state index in [1.54, 1.807) is 31.2 Å². The minimum absolute atomic E-state index is 0.0138. The monoisotopic (exact) mass is 712 g/mol. The number of Topliss-reactive ketones (excluding diaryl/α,β-unsaturated/α-hetero) is 1. The third kappa shape index (κ3) is 4.72. The zero-order valence-corrected chi connectivity index (χ0v) is 26.7. The molecule has 3 aromatic carbocycles. The molecule has 1 aliphatic heterocycles. The van der Waals surface area contributed by atoms with E-state index in [4.69, 9.17) is 4.74 Å². The average Bonchev–Trinajstić information content (AvgIpc) is 3.30. The van der Waals surface area contributed by atoms with E-state index in [-0.39, 0.29) is 41.3 Å². The summed E-state index contributed by atoms with van der Waals surface area (Å²) < 4.78 is 5.97. The van der Waals surface area contributed by atoms with Gasteiger partial charge in [-0.25, -0.2) is 0 Å². The summed E-state index contributed by atoms with van der Waals surface area (Å²) in [5.74, 6) is -3.10. The van der Waals surface area contributed by atoms with Gasteiger partial charge in [-0.3, -0.25) is 24.1 Å². The number of aromatic hydroxyl groups is 1. The Hall–Kier alpha value is -4.51. The number of ether oxygens (including phenoxy) is 1. The van der Waals surface area contributed by atoms with Crippen LogP contribution in [0, 0.1) is 21.3 Å². The SMILES string of the molecule is COc1cc(C2C3=CCC4C(=O)N(c5ccc(Nc6ccccc6)cc5)C(=O)C4C3CC3=C2C(=O)C=C(C)C3=O)cc(I)c1O. The minimum Gasteiger partial charge on any atom is -0.504 e. The number of para-hydroxylation sites is 1. The number of nitrogens with one attached hydrogen (secondary N) is 1. The molecule has 45 heavy (non-hydrogen) atoms. The Morgan fingerprint density at radius 3 is 2.36 bits per heavy atom. The molecule has 9 heteroatoms. The van der Waals surface area contributed by atoms with Crippen molar-refractivity contribution in [3.05, 3.63) is 110 Å². The summed E-state index contributed by atoms with van der Waals surface area (Å²) in [4.78, 5) is 56.4. The smallest absolute Gasteiger partial charge is 0.238 e. The molecule has 8 nitrogen and oxygen atoms in total. The van der Waals surface area contributed by atoms with Crippen LogP contribution in [0.1, 0.15) is 31.2 Å². The topological polar surface area (TPSA) is 113 Å². The quantitative estimate of drug-likeness (QED) is 0.137. The van der Waals surface area contributed by atoms with Gasteiger partial charge in [0.15, 0.2) is 23.1 Å². The summed E-state index contributed by atoms with van der Waals surface area (Å²) in [6.45, 7) is 1.63. The molecule has 7 rings (SSSR count). The van der Waals surface area contributed by atoms with Gasteiger partial charge in [0.05, 0.1) is 28.2 Å². The summed E-state index contributed by atoms with van der Waals surface area (Å²) >= 11 is 2.01. The van der Waals surface area contributed by atoms with E-state index in [9.17, 15) is 24.3 Å². The van der Waals surface area contributed by atoms with E-state index in [1.165, 1.54) is 18.1 Å². The highest BCUT2D eigenvalue weighted by atomic mass is 127. The van der Waals surface area contributed by atoms with Gasteiger partial charge in [0.25, 0.3) is 0 Å². The minimum atomic E-state index is -0.677. The Labute approximate surface area is 273 Å². The maximum atomic E-state index is 14.2. The first-order chi connectivity index (χ1) is 21.7. The van der Waals surface area contributed by atoms with Crippen molar-refractivity contribution in [3.8, 4) is 11.5 Å². The van der Waals surface area contributed by atoms with Crippen LogP contribution in [-0.4, -0.2) is 35.6 Å². The van der Waals surface area contributed by atoms with Crippen LogP contribution in [0.5, 0.6) is 11.5 Å². The number of carbonyl (C=O) groups is 4. The molecular formula is C36H29IN2O6. The predicted molar refractivity (Wildman–Crippen MR) is 177 cm³/mol. The van der Waals surface area contributed by atoms with Gasteiger partial charge in [-0.1, -0.05) is 29.8 Å². The summed E-state index contributed by atoms with van der Waals surface area (Å²) in [6, 6.07) is 20.4. The highest BCUT2D eigenvalue weighted by Gasteiger charge is 2.56. The molecule has 1 saturated heterocycles. The fourth-order valence-electron chi connectivity index (χ4n) is 7.31. The van der Waals surface area contributed by atoms with Gasteiger partial charge >= 0.3 is 0 Å². The fourth-order valence-corrected chi connectivity index (χ4v) is 7.94. The number of hydrogen-bond donors (Lipinski definition) is 2. The Morgan fingerprint density at radius 1 is 0.933 bits per heavy atom. The first-order valence-corrected chi connectivity index (χ1v) is 15.8. The fraction of sp³-hybridized carbons (Fsp3) is 0.222. The third-order valence-electron chi connectivity index (χ3n) is 9.35. The molecule has 0 spiro atoms. The van der Waals surface area contributed by atoms with Crippen LogP contribution in [0.4, 0.5) is 17.1 Å². The van der Waals surface area contributed by atoms with Gasteiger partial charge in [0, 0.05) is 34.0 Å². The highest BCUT2D eigenvalue weighted by molar-refractivity contribution is 14.1. The van der Waals surface area contributed by atoms with Crippen molar-refractivity contribution >= 4 is 63.0 Å². The lowest BCUT2D eigenvalue weighted by Crippen LogP contribution is -2.39. The van der Waals surface area contributed by atoms with Gasteiger partial charge in [-0.2, -0.15) is 0 Å². The lowest BCUT2D eigenvalue weighted by atomic mass is 9.59. The first-order valence-electron chi connectivity index (χ1n) is 14.7. The molecule has 2 N–H and O–H groups in total. The summed E-state index contributed by atoms with van der Waals surface area (Å²) in [7, 11) is 1.46. The second kappa shape index (κ2) is 11.1. The molecule has 1 fully saturated rings. The molecule has 0 aromatic heterocycles. The number of benzene rings is 3. The van der Waals surface area contributed by atoms with E-state index in [0.717, 1.165) is 16.9 Å². The Balaban J connectivity index is 1.27. The number of carbonyl (C=O) groups excluding carboxylic acids is 4. The maximum Gasteiger partial charge on any atom is 0.238 e. The van der Waals surface area contributed by atoms with Crippen LogP contribution >= 0.6 is 22.6 Å². The average molecular weight is 713 g/mol. The zero-order chi connectivity index (χ0) is 31.6. The van der Waals surface area contributed by atoms with Crippen molar-refractivity contribution in [1.82, 2.24) is 0 Å².